The lowest BCUT2D eigenvalue weighted by molar-refractivity contribution is -0.137. The zero-order chi connectivity index (χ0) is 16.1. The van der Waals surface area contributed by atoms with Crippen molar-refractivity contribution >= 4 is 27.7 Å². The second-order valence-electron chi connectivity index (χ2n) is 7.62. The molecule has 2 aliphatic heterocycles. The molecular formula is C18H24BrN3O. The molecule has 1 aromatic rings. The van der Waals surface area contributed by atoms with Gasteiger partial charge in [-0.1, -0.05) is 29.8 Å². The lowest BCUT2D eigenvalue weighted by atomic mass is 9.74. The van der Waals surface area contributed by atoms with Gasteiger partial charge in [0.25, 0.3) is 0 Å². The van der Waals surface area contributed by atoms with E-state index in [1.54, 1.807) is 0 Å². The standard InChI is InChI=1S/C18H24BrN3O/c1-10(2)18(23)22-8-11-3-4-12(9-22)15(11)13-7-21-17-16(13)14(19)5-6-20-17/h5-6,10-13,15H,3-4,7-9H2,1-2H3,(H,20,21). The van der Waals surface area contributed by atoms with E-state index in [4.69, 9.17) is 0 Å². The molecule has 0 aromatic carbocycles. The van der Waals surface area contributed by atoms with Gasteiger partial charge in [0.1, 0.15) is 5.82 Å². The Kier molecular flexibility index (Phi) is 3.87. The number of aromatic nitrogens is 1. The minimum atomic E-state index is 0.109. The fourth-order valence-corrected chi connectivity index (χ4v) is 5.65. The first kappa shape index (κ1) is 15.4. The summed E-state index contributed by atoms with van der Waals surface area (Å²) in [4.78, 5) is 19.0. The van der Waals surface area contributed by atoms with Crippen LogP contribution < -0.4 is 5.32 Å². The summed E-state index contributed by atoms with van der Waals surface area (Å²) in [5.74, 6) is 3.97. The highest BCUT2D eigenvalue weighted by molar-refractivity contribution is 9.10. The molecule has 1 aliphatic carbocycles. The number of anilines is 1. The van der Waals surface area contributed by atoms with Crippen molar-refractivity contribution in [2.75, 3.05) is 25.0 Å². The van der Waals surface area contributed by atoms with Crippen molar-refractivity contribution in [1.29, 1.82) is 0 Å². The lowest BCUT2D eigenvalue weighted by Crippen LogP contribution is -2.48. The molecule has 1 saturated carbocycles. The maximum Gasteiger partial charge on any atom is 0.225 e. The van der Waals surface area contributed by atoms with Crippen LogP contribution in [0.1, 0.15) is 38.2 Å². The Balaban J connectivity index is 1.59. The molecule has 1 saturated heterocycles. The molecule has 3 aliphatic rings. The first-order chi connectivity index (χ1) is 11.1. The quantitative estimate of drug-likeness (QED) is 0.857. The Morgan fingerprint density at radius 2 is 2.04 bits per heavy atom. The average Bonchev–Trinajstić information content (AvgIpc) is 3.05. The van der Waals surface area contributed by atoms with Gasteiger partial charge in [-0.05, 0) is 36.7 Å². The average molecular weight is 378 g/mol. The highest BCUT2D eigenvalue weighted by Gasteiger charge is 2.49. The van der Waals surface area contributed by atoms with Gasteiger partial charge < -0.3 is 10.2 Å². The molecule has 2 bridgehead atoms. The fourth-order valence-electron chi connectivity index (χ4n) is 5.05. The molecule has 3 unspecified atom stereocenters. The summed E-state index contributed by atoms with van der Waals surface area (Å²) in [6.45, 7) is 6.90. The van der Waals surface area contributed by atoms with Gasteiger partial charge in [0.05, 0.1) is 0 Å². The van der Waals surface area contributed by atoms with Crippen molar-refractivity contribution in [3.63, 3.8) is 0 Å². The summed E-state index contributed by atoms with van der Waals surface area (Å²) >= 11 is 3.72. The molecule has 0 radical (unpaired) electrons. The van der Waals surface area contributed by atoms with E-state index in [1.807, 2.05) is 20.0 Å². The highest BCUT2D eigenvalue weighted by atomic mass is 79.9. The van der Waals surface area contributed by atoms with Crippen LogP contribution in [0.4, 0.5) is 5.82 Å². The fraction of sp³-hybridized carbons (Fsp3) is 0.667. The molecule has 3 heterocycles. The number of carbonyl (C=O) groups is 1. The lowest BCUT2D eigenvalue weighted by Gasteiger charge is -2.41. The first-order valence-electron chi connectivity index (χ1n) is 8.73. The predicted octanol–water partition coefficient (Wildman–Crippen LogP) is 3.49. The second kappa shape index (κ2) is 5.76. The summed E-state index contributed by atoms with van der Waals surface area (Å²) in [5, 5.41) is 3.49. The third-order valence-corrected chi connectivity index (χ3v) is 6.67. The third-order valence-electron chi connectivity index (χ3n) is 5.97. The van der Waals surface area contributed by atoms with Crippen molar-refractivity contribution in [3.8, 4) is 0 Å². The number of carbonyl (C=O) groups excluding carboxylic acids is 1. The van der Waals surface area contributed by atoms with Gasteiger partial charge >= 0.3 is 0 Å². The van der Waals surface area contributed by atoms with Crippen molar-refractivity contribution in [2.24, 2.45) is 23.7 Å². The van der Waals surface area contributed by atoms with Gasteiger partial charge in [0, 0.05) is 47.7 Å². The molecule has 5 heteroatoms. The van der Waals surface area contributed by atoms with Crippen LogP contribution in [0.25, 0.3) is 0 Å². The van der Waals surface area contributed by atoms with Crippen LogP contribution in [0.3, 0.4) is 0 Å². The molecule has 3 atom stereocenters. The van der Waals surface area contributed by atoms with E-state index in [0.29, 0.717) is 29.6 Å². The summed E-state index contributed by atoms with van der Waals surface area (Å²) < 4.78 is 1.18. The Hall–Kier alpha value is -1.10. The number of hydrogen-bond donors (Lipinski definition) is 1. The van der Waals surface area contributed by atoms with E-state index in [9.17, 15) is 4.79 Å². The number of piperidine rings is 1. The van der Waals surface area contributed by atoms with E-state index in [-0.39, 0.29) is 5.92 Å². The summed E-state index contributed by atoms with van der Waals surface area (Å²) in [5.41, 5.74) is 1.36. The van der Waals surface area contributed by atoms with Gasteiger partial charge in [-0.25, -0.2) is 4.98 Å². The third kappa shape index (κ3) is 2.48. The first-order valence-corrected chi connectivity index (χ1v) is 9.52. The number of rotatable bonds is 2. The zero-order valence-electron chi connectivity index (χ0n) is 13.8. The van der Waals surface area contributed by atoms with Crippen molar-refractivity contribution in [1.82, 2.24) is 9.88 Å². The van der Waals surface area contributed by atoms with Gasteiger partial charge in [0.2, 0.25) is 5.91 Å². The van der Waals surface area contributed by atoms with E-state index in [2.05, 4.69) is 37.2 Å². The molecule has 1 aromatic heterocycles. The SMILES string of the molecule is CC(C)C(=O)N1CC2CCC(C1)C2C1CNc2nccc(Br)c21. The molecule has 4 rings (SSSR count). The monoisotopic (exact) mass is 377 g/mol. The van der Waals surface area contributed by atoms with Crippen molar-refractivity contribution in [2.45, 2.75) is 32.6 Å². The van der Waals surface area contributed by atoms with Crippen LogP contribution in [-0.2, 0) is 4.79 Å². The summed E-state index contributed by atoms with van der Waals surface area (Å²) in [7, 11) is 0. The molecule has 0 spiro atoms. The number of nitrogens with zero attached hydrogens (tertiary/aromatic N) is 2. The van der Waals surface area contributed by atoms with Gasteiger partial charge in [-0.3, -0.25) is 4.79 Å². The van der Waals surface area contributed by atoms with E-state index >= 15 is 0 Å². The van der Waals surface area contributed by atoms with Gasteiger partial charge in [-0.2, -0.15) is 0 Å². The Morgan fingerprint density at radius 1 is 1.35 bits per heavy atom. The van der Waals surface area contributed by atoms with Crippen molar-refractivity contribution < 1.29 is 4.79 Å². The maximum atomic E-state index is 12.4. The number of likely N-dealkylation sites (tertiary alicyclic amines) is 1. The number of fused-ring (bicyclic) bond motifs is 3. The van der Waals surface area contributed by atoms with Gasteiger partial charge in [0.15, 0.2) is 0 Å². The largest absolute Gasteiger partial charge is 0.369 e. The molecule has 2 fully saturated rings. The normalized spacial score (nSPS) is 32.1. The number of pyridine rings is 1. The van der Waals surface area contributed by atoms with Crippen LogP contribution in [0.15, 0.2) is 16.7 Å². The van der Waals surface area contributed by atoms with E-state index in [1.165, 1.54) is 22.9 Å². The summed E-state index contributed by atoms with van der Waals surface area (Å²) in [6, 6.07) is 2.05. The molecule has 1 N–H and O–H groups in total. The van der Waals surface area contributed by atoms with E-state index in [0.717, 1.165) is 25.5 Å². The van der Waals surface area contributed by atoms with Crippen LogP contribution in [-0.4, -0.2) is 35.4 Å². The Morgan fingerprint density at radius 3 is 2.70 bits per heavy atom. The van der Waals surface area contributed by atoms with Crippen LogP contribution >= 0.6 is 15.9 Å². The van der Waals surface area contributed by atoms with Crippen LogP contribution in [0.5, 0.6) is 0 Å². The highest BCUT2D eigenvalue weighted by Crippen LogP contribution is 2.52. The minimum Gasteiger partial charge on any atom is -0.369 e. The number of hydrogen-bond acceptors (Lipinski definition) is 3. The Bertz CT molecular complexity index is 619. The number of halogens is 1. The predicted molar refractivity (Wildman–Crippen MR) is 94.3 cm³/mol. The second-order valence-corrected chi connectivity index (χ2v) is 8.47. The number of amides is 1. The molecule has 4 nitrogen and oxygen atoms in total. The topological polar surface area (TPSA) is 45.2 Å². The minimum absolute atomic E-state index is 0.109. The van der Waals surface area contributed by atoms with E-state index < -0.39 is 0 Å². The molecule has 23 heavy (non-hydrogen) atoms. The molecule has 124 valence electrons. The summed E-state index contributed by atoms with van der Waals surface area (Å²) in [6.07, 6.45) is 4.39. The van der Waals surface area contributed by atoms with Gasteiger partial charge in [-0.15, -0.1) is 0 Å². The smallest absolute Gasteiger partial charge is 0.225 e. The zero-order valence-corrected chi connectivity index (χ0v) is 15.3. The van der Waals surface area contributed by atoms with Crippen LogP contribution in [0, 0.1) is 23.7 Å². The van der Waals surface area contributed by atoms with Crippen LogP contribution in [0.2, 0.25) is 0 Å². The maximum absolute atomic E-state index is 12.4. The Labute approximate surface area is 146 Å². The molecular weight excluding hydrogens is 354 g/mol. The number of nitrogens with one attached hydrogen (secondary N) is 1. The molecule has 1 amide bonds. The van der Waals surface area contributed by atoms with Crippen molar-refractivity contribution in [3.05, 3.63) is 22.3 Å².